The maximum Gasteiger partial charge on any atom is 0.0623 e. The molecule has 1 N–H and O–H groups in total. The van der Waals surface area contributed by atoms with Gasteiger partial charge >= 0.3 is 0 Å². The standard InChI is InChI=1S/C18H33NO/c1-18(2,20-4)6-5-16(19-3)17-14-8-12-7-13(10-14)11-15(17)9-12/h12-17,19H,5-11H2,1-4H3. The molecule has 4 aliphatic rings. The summed E-state index contributed by atoms with van der Waals surface area (Å²) in [7, 11) is 4.02. The zero-order valence-electron chi connectivity index (χ0n) is 13.8. The molecule has 1 unspecified atom stereocenters. The van der Waals surface area contributed by atoms with Gasteiger partial charge in [0.05, 0.1) is 5.60 Å². The molecule has 4 saturated carbocycles. The fraction of sp³-hybridized carbons (Fsp3) is 1.00. The molecule has 0 radical (unpaired) electrons. The number of ether oxygens (including phenoxy) is 1. The van der Waals surface area contributed by atoms with Crippen LogP contribution in [0.1, 0.15) is 58.8 Å². The van der Waals surface area contributed by atoms with Gasteiger partial charge in [0.1, 0.15) is 0 Å². The molecule has 0 aromatic carbocycles. The van der Waals surface area contributed by atoms with Crippen LogP contribution in [0.2, 0.25) is 0 Å². The summed E-state index contributed by atoms with van der Waals surface area (Å²) in [5, 5.41) is 3.67. The molecule has 2 nitrogen and oxygen atoms in total. The summed E-state index contributed by atoms with van der Waals surface area (Å²) >= 11 is 0. The predicted molar refractivity (Wildman–Crippen MR) is 83.7 cm³/mol. The Morgan fingerprint density at radius 2 is 1.60 bits per heavy atom. The van der Waals surface area contributed by atoms with Gasteiger partial charge in [0.15, 0.2) is 0 Å². The number of methoxy groups -OCH3 is 1. The lowest BCUT2D eigenvalue weighted by Crippen LogP contribution is -2.52. The van der Waals surface area contributed by atoms with E-state index in [9.17, 15) is 0 Å². The zero-order valence-corrected chi connectivity index (χ0v) is 13.8. The minimum absolute atomic E-state index is 0.0288. The van der Waals surface area contributed by atoms with E-state index in [-0.39, 0.29) is 5.60 Å². The van der Waals surface area contributed by atoms with Crippen molar-refractivity contribution in [1.29, 1.82) is 0 Å². The van der Waals surface area contributed by atoms with Crippen LogP contribution in [-0.4, -0.2) is 25.8 Å². The summed E-state index contributed by atoms with van der Waals surface area (Å²) in [5.41, 5.74) is 0.0288. The second-order valence-corrected chi connectivity index (χ2v) is 8.41. The molecule has 4 bridgehead atoms. The van der Waals surface area contributed by atoms with Gasteiger partial charge < -0.3 is 10.1 Å². The van der Waals surface area contributed by atoms with E-state index in [1.54, 1.807) is 6.42 Å². The molecule has 4 fully saturated rings. The first-order valence-electron chi connectivity index (χ1n) is 8.75. The first kappa shape index (κ1) is 14.8. The quantitative estimate of drug-likeness (QED) is 0.797. The van der Waals surface area contributed by atoms with Crippen LogP contribution in [0.15, 0.2) is 0 Å². The van der Waals surface area contributed by atoms with Gasteiger partial charge in [0.2, 0.25) is 0 Å². The SMILES string of the molecule is CNC(CCC(C)(C)OC)C1C2CC3CC(C2)CC1C3. The number of hydrogen-bond acceptors (Lipinski definition) is 2. The van der Waals surface area contributed by atoms with Gasteiger partial charge in [-0.25, -0.2) is 0 Å². The van der Waals surface area contributed by atoms with Crippen LogP contribution in [0.5, 0.6) is 0 Å². The maximum absolute atomic E-state index is 5.61. The summed E-state index contributed by atoms with van der Waals surface area (Å²) in [6, 6.07) is 0.708. The van der Waals surface area contributed by atoms with Crippen LogP contribution >= 0.6 is 0 Å². The van der Waals surface area contributed by atoms with Crippen molar-refractivity contribution in [2.75, 3.05) is 14.2 Å². The number of hydrogen-bond donors (Lipinski definition) is 1. The molecule has 0 aromatic rings. The number of rotatable bonds is 6. The van der Waals surface area contributed by atoms with Gasteiger partial charge in [-0.3, -0.25) is 0 Å². The summed E-state index contributed by atoms with van der Waals surface area (Å²) in [6.07, 6.45) is 10.1. The van der Waals surface area contributed by atoms with Crippen molar-refractivity contribution in [3.8, 4) is 0 Å². The van der Waals surface area contributed by atoms with Crippen molar-refractivity contribution in [2.24, 2.45) is 29.6 Å². The van der Waals surface area contributed by atoms with E-state index in [2.05, 4.69) is 26.2 Å². The molecule has 0 aromatic heterocycles. The summed E-state index contributed by atoms with van der Waals surface area (Å²) in [6.45, 7) is 4.44. The Morgan fingerprint density at radius 1 is 1.05 bits per heavy atom. The topological polar surface area (TPSA) is 21.3 Å². The van der Waals surface area contributed by atoms with E-state index in [0.717, 1.165) is 36.0 Å². The van der Waals surface area contributed by atoms with Gasteiger partial charge in [-0.1, -0.05) is 0 Å². The van der Waals surface area contributed by atoms with Crippen molar-refractivity contribution in [2.45, 2.75) is 70.4 Å². The maximum atomic E-state index is 5.61. The van der Waals surface area contributed by atoms with E-state index in [4.69, 9.17) is 4.74 Å². The lowest BCUT2D eigenvalue weighted by Gasteiger charge is -2.56. The summed E-state index contributed by atoms with van der Waals surface area (Å²) in [5.74, 6) is 5.16. The molecule has 4 rings (SSSR count). The highest BCUT2D eigenvalue weighted by Crippen LogP contribution is 2.57. The van der Waals surface area contributed by atoms with Crippen LogP contribution in [0.3, 0.4) is 0 Å². The Balaban J connectivity index is 1.64. The average molecular weight is 279 g/mol. The van der Waals surface area contributed by atoms with Gasteiger partial charge in [-0.05, 0) is 95.4 Å². The Hall–Kier alpha value is -0.0800. The second kappa shape index (κ2) is 5.61. The fourth-order valence-electron chi connectivity index (χ4n) is 5.76. The van der Waals surface area contributed by atoms with E-state index in [1.807, 2.05) is 7.11 Å². The molecule has 0 aliphatic heterocycles. The van der Waals surface area contributed by atoms with Crippen molar-refractivity contribution >= 4 is 0 Å². The van der Waals surface area contributed by atoms with Gasteiger partial charge in [-0.2, -0.15) is 0 Å². The highest BCUT2D eigenvalue weighted by Gasteiger charge is 2.50. The fourth-order valence-corrected chi connectivity index (χ4v) is 5.76. The van der Waals surface area contributed by atoms with Crippen molar-refractivity contribution in [3.63, 3.8) is 0 Å². The molecular formula is C18H33NO. The normalized spacial score (nSPS) is 41.1. The molecule has 2 heteroatoms. The molecule has 20 heavy (non-hydrogen) atoms. The molecule has 116 valence electrons. The monoisotopic (exact) mass is 279 g/mol. The Morgan fingerprint density at radius 3 is 2.05 bits per heavy atom. The average Bonchev–Trinajstić information content (AvgIpc) is 2.41. The van der Waals surface area contributed by atoms with Crippen molar-refractivity contribution < 1.29 is 4.74 Å². The molecule has 0 saturated heterocycles. The molecule has 4 aliphatic carbocycles. The van der Waals surface area contributed by atoms with Crippen LogP contribution in [0.25, 0.3) is 0 Å². The highest BCUT2D eigenvalue weighted by molar-refractivity contribution is 5.01. The first-order valence-corrected chi connectivity index (χ1v) is 8.75. The third-order valence-corrected chi connectivity index (χ3v) is 6.75. The largest absolute Gasteiger partial charge is 0.379 e. The second-order valence-electron chi connectivity index (χ2n) is 8.41. The molecule has 0 amide bonds. The molecule has 1 atom stereocenters. The van der Waals surface area contributed by atoms with Crippen LogP contribution in [-0.2, 0) is 4.74 Å². The molecule has 0 heterocycles. The third-order valence-electron chi connectivity index (χ3n) is 6.75. The highest BCUT2D eigenvalue weighted by atomic mass is 16.5. The van der Waals surface area contributed by atoms with Crippen LogP contribution in [0.4, 0.5) is 0 Å². The van der Waals surface area contributed by atoms with Crippen molar-refractivity contribution in [1.82, 2.24) is 5.32 Å². The van der Waals surface area contributed by atoms with Gasteiger partial charge in [0.25, 0.3) is 0 Å². The predicted octanol–water partition coefficient (Wildman–Crippen LogP) is 3.85. The molecular weight excluding hydrogens is 246 g/mol. The smallest absolute Gasteiger partial charge is 0.0623 e. The lowest BCUT2D eigenvalue weighted by molar-refractivity contribution is -0.0569. The van der Waals surface area contributed by atoms with Gasteiger partial charge in [0, 0.05) is 13.2 Å². The molecule has 0 spiro atoms. The van der Waals surface area contributed by atoms with E-state index >= 15 is 0 Å². The van der Waals surface area contributed by atoms with Gasteiger partial charge in [-0.15, -0.1) is 0 Å². The third kappa shape index (κ3) is 2.78. The van der Waals surface area contributed by atoms with Crippen molar-refractivity contribution in [3.05, 3.63) is 0 Å². The minimum Gasteiger partial charge on any atom is -0.379 e. The first-order chi connectivity index (χ1) is 9.52. The van der Waals surface area contributed by atoms with E-state index < -0.39 is 0 Å². The summed E-state index contributed by atoms with van der Waals surface area (Å²) in [4.78, 5) is 0. The zero-order chi connectivity index (χ0) is 14.3. The lowest BCUT2D eigenvalue weighted by atomic mass is 9.50. The minimum atomic E-state index is 0.0288. The van der Waals surface area contributed by atoms with E-state index in [1.165, 1.54) is 32.1 Å². The summed E-state index contributed by atoms with van der Waals surface area (Å²) < 4.78 is 5.61. The Kier molecular flexibility index (Phi) is 4.16. The van der Waals surface area contributed by atoms with Crippen LogP contribution in [0, 0.1) is 29.6 Å². The Labute approximate surface area is 125 Å². The van der Waals surface area contributed by atoms with Crippen LogP contribution < -0.4 is 5.32 Å². The Bertz CT molecular complexity index is 310. The van der Waals surface area contributed by atoms with E-state index in [0.29, 0.717) is 6.04 Å². The number of nitrogens with one attached hydrogen (secondary N) is 1.